The Bertz CT molecular complexity index is 83.4. The van der Waals surface area contributed by atoms with Crippen molar-refractivity contribution in [3.05, 3.63) is 0 Å². The molecule has 0 saturated heterocycles. The Labute approximate surface area is 106 Å². The first-order valence-electron chi connectivity index (χ1n) is 6.76. The van der Waals surface area contributed by atoms with Gasteiger partial charge in [-0.1, -0.05) is 74.7 Å². The van der Waals surface area contributed by atoms with E-state index in [1.165, 1.54) is 45.6 Å². The molecule has 0 aromatic carbocycles. The lowest BCUT2D eigenvalue weighted by Gasteiger charge is -2.19. The van der Waals surface area contributed by atoms with Gasteiger partial charge in [-0.3, -0.25) is 0 Å². The molecule has 1 heteroatoms. The van der Waals surface area contributed by atoms with E-state index in [4.69, 9.17) is 0 Å². The molecule has 1 aliphatic rings. The van der Waals surface area contributed by atoms with Gasteiger partial charge >= 0.3 is 0 Å². The lowest BCUT2D eigenvalue weighted by molar-refractivity contribution is 0.323. The molecule has 1 aliphatic carbocycles. The van der Waals surface area contributed by atoms with E-state index < -0.39 is 0 Å². The summed E-state index contributed by atoms with van der Waals surface area (Å²) in [5.74, 6) is 0. The second kappa shape index (κ2) is 20.4. The van der Waals surface area contributed by atoms with Gasteiger partial charge < -0.3 is 5.73 Å². The van der Waals surface area contributed by atoms with Crippen LogP contribution in [0.15, 0.2) is 0 Å². The minimum atomic E-state index is 0. The molecule has 1 rings (SSSR count). The van der Waals surface area contributed by atoms with Crippen LogP contribution < -0.4 is 5.73 Å². The summed E-state index contributed by atoms with van der Waals surface area (Å²) in [5.41, 5.74) is 5.24. The summed E-state index contributed by atoms with van der Waals surface area (Å²) in [4.78, 5) is 0. The highest BCUT2D eigenvalue weighted by atomic mass is 14.4. The monoisotopic (exact) mass is 233 g/mol. The van der Waals surface area contributed by atoms with Crippen molar-refractivity contribution < 1.29 is 0 Å². The smallest absolute Gasteiger partial charge is 0.0195 e. The van der Waals surface area contributed by atoms with E-state index in [1.54, 1.807) is 0 Å². The van der Waals surface area contributed by atoms with Crippen molar-refractivity contribution in [3.8, 4) is 0 Å². The van der Waals surface area contributed by atoms with E-state index in [0.29, 0.717) is 0 Å². The van der Waals surface area contributed by atoms with Crippen LogP contribution in [0.25, 0.3) is 0 Å². The molecule has 1 fully saturated rings. The topological polar surface area (TPSA) is 26.0 Å². The molecule has 0 bridgehead atoms. The standard InChI is InChI=1S/C8H16.C3H8.C2H6.CH5N.CH4/c1-3-8(2)6-4-5-7-8;1-3-2;2*1-2;/h3-7H2,1-2H3;3H2,1-2H3;1-2H3;2H2,1H3;1H4. The summed E-state index contributed by atoms with van der Waals surface area (Å²) < 4.78 is 0. The van der Waals surface area contributed by atoms with Gasteiger partial charge in [0.25, 0.3) is 0 Å². The zero-order chi connectivity index (χ0) is 12.7. The SMILES string of the molecule is C.CC.CCC.CCC1(C)CCCC1.CN. The molecule has 1 nitrogen and oxygen atoms in total. The molecule has 2 N–H and O–H groups in total. The van der Waals surface area contributed by atoms with Crippen molar-refractivity contribution in [1.82, 2.24) is 0 Å². The molecule has 0 unspecified atom stereocenters. The van der Waals surface area contributed by atoms with Gasteiger partial charge in [0.1, 0.15) is 0 Å². The molecule has 104 valence electrons. The van der Waals surface area contributed by atoms with Crippen molar-refractivity contribution in [2.24, 2.45) is 11.1 Å². The number of hydrogen-bond donors (Lipinski definition) is 1. The normalized spacial score (nSPS) is 15.0. The first-order chi connectivity index (χ1) is 7.18. The molecule has 1 saturated carbocycles. The summed E-state index contributed by atoms with van der Waals surface area (Å²) in [7, 11) is 1.50. The van der Waals surface area contributed by atoms with Crippen molar-refractivity contribution in [1.29, 1.82) is 0 Å². The van der Waals surface area contributed by atoms with E-state index in [0.717, 1.165) is 5.41 Å². The van der Waals surface area contributed by atoms with Crippen LogP contribution in [0.1, 0.15) is 87.5 Å². The molecular formula is C15H39N. The Morgan fingerprint density at radius 1 is 0.938 bits per heavy atom. The fourth-order valence-corrected chi connectivity index (χ4v) is 1.58. The Morgan fingerprint density at radius 3 is 1.31 bits per heavy atom. The van der Waals surface area contributed by atoms with Crippen molar-refractivity contribution >= 4 is 0 Å². The minimum Gasteiger partial charge on any atom is -0.333 e. The Balaban J connectivity index is -0.0000000778. The summed E-state index contributed by atoms with van der Waals surface area (Å²) in [5, 5.41) is 0. The van der Waals surface area contributed by atoms with E-state index in [2.05, 4.69) is 33.4 Å². The van der Waals surface area contributed by atoms with Crippen LogP contribution in [0, 0.1) is 5.41 Å². The van der Waals surface area contributed by atoms with Crippen LogP contribution in [-0.4, -0.2) is 7.05 Å². The molecule has 0 aromatic heterocycles. The van der Waals surface area contributed by atoms with Gasteiger partial charge in [-0.25, -0.2) is 0 Å². The number of nitrogens with two attached hydrogens (primary N) is 1. The van der Waals surface area contributed by atoms with Crippen LogP contribution >= 0.6 is 0 Å². The quantitative estimate of drug-likeness (QED) is 0.624. The highest BCUT2D eigenvalue weighted by Crippen LogP contribution is 2.39. The summed E-state index contributed by atoms with van der Waals surface area (Å²) in [6.07, 6.45) is 8.54. The van der Waals surface area contributed by atoms with E-state index in [1.807, 2.05) is 13.8 Å². The van der Waals surface area contributed by atoms with Gasteiger partial charge in [0.05, 0.1) is 0 Å². The summed E-state index contributed by atoms with van der Waals surface area (Å²) in [6.45, 7) is 13.0. The number of rotatable bonds is 1. The van der Waals surface area contributed by atoms with Crippen LogP contribution in [-0.2, 0) is 0 Å². The molecule has 0 aromatic rings. The van der Waals surface area contributed by atoms with Crippen LogP contribution in [0.2, 0.25) is 0 Å². The van der Waals surface area contributed by atoms with Gasteiger partial charge in [-0.2, -0.15) is 0 Å². The van der Waals surface area contributed by atoms with E-state index in [9.17, 15) is 0 Å². The maximum atomic E-state index is 4.50. The first kappa shape index (κ1) is 25.0. The van der Waals surface area contributed by atoms with E-state index >= 15 is 0 Å². The lowest BCUT2D eigenvalue weighted by Crippen LogP contribution is -2.07. The largest absolute Gasteiger partial charge is 0.333 e. The second-order valence-corrected chi connectivity index (χ2v) is 4.08. The van der Waals surface area contributed by atoms with Crippen LogP contribution in [0.4, 0.5) is 0 Å². The van der Waals surface area contributed by atoms with Crippen LogP contribution in [0.3, 0.4) is 0 Å². The van der Waals surface area contributed by atoms with Gasteiger partial charge in [0.2, 0.25) is 0 Å². The maximum absolute atomic E-state index is 4.50. The summed E-state index contributed by atoms with van der Waals surface area (Å²) >= 11 is 0. The predicted octanol–water partition coefficient (Wildman–Crippen LogP) is 5.63. The molecule has 0 spiro atoms. The average Bonchev–Trinajstić information content (AvgIpc) is 2.73. The van der Waals surface area contributed by atoms with E-state index in [-0.39, 0.29) is 7.43 Å². The zero-order valence-electron chi connectivity index (χ0n) is 12.3. The Morgan fingerprint density at radius 2 is 1.19 bits per heavy atom. The maximum Gasteiger partial charge on any atom is -0.0195 e. The minimum absolute atomic E-state index is 0. The third-order valence-corrected chi connectivity index (χ3v) is 2.66. The van der Waals surface area contributed by atoms with Gasteiger partial charge in [-0.15, -0.1) is 0 Å². The molecule has 16 heavy (non-hydrogen) atoms. The molecule has 0 heterocycles. The highest BCUT2D eigenvalue weighted by Gasteiger charge is 2.25. The molecule has 0 radical (unpaired) electrons. The predicted molar refractivity (Wildman–Crippen MR) is 81.0 cm³/mol. The molecule has 0 atom stereocenters. The van der Waals surface area contributed by atoms with Gasteiger partial charge in [0, 0.05) is 0 Å². The first-order valence-corrected chi connectivity index (χ1v) is 6.76. The number of hydrogen-bond acceptors (Lipinski definition) is 1. The van der Waals surface area contributed by atoms with Crippen molar-refractivity contribution in [2.45, 2.75) is 87.5 Å². The Hall–Kier alpha value is -0.0400. The fourth-order valence-electron chi connectivity index (χ4n) is 1.58. The molecule has 0 amide bonds. The third-order valence-electron chi connectivity index (χ3n) is 2.66. The van der Waals surface area contributed by atoms with Crippen molar-refractivity contribution in [3.63, 3.8) is 0 Å². The third kappa shape index (κ3) is 16.4. The second-order valence-electron chi connectivity index (χ2n) is 4.08. The van der Waals surface area contributed by atoms with Crippen molar-refractivity contribution in [2.75, 3.05) is 7.05 Å². The average molecular weight is 233 g/mol. The van der Waals surface area contributed by atoms with Gasteiger partial charge in [0.15, 0.2) is 0 Å². The van der Waals surface area contributed by atoms with Crippen LogP contribution in [0.5, 0.6) is 0 Å². The zero-order valence-corrected chi connectivity index (χ0v) is 12.3. The van der Waals surface area contributed by atoms with Gasteiger partial charge in [-0.05, 0) is 25.3 Å². The molecule has 0 aliphatic heterocycles. The summed E-state index contributed by atoms with van der Waals surface area (Å²) in [6, 6.07) is 0. The molecular weight excluding hydrogens is 194 g/mol. The lowest BCUT2D eigenvalue weighted by atomic mass is 9.86. The fraction of sp³-hybridized carbons (Fsp3) is 1.00. The Kier molecular flexibility index (Phi) is 31.8. The highest BCUT2D eigenvalue weighted by molar-refractivity contribution is 4.78.